The first-order valence-electron chi connectivity index (χ1n) is 3.31. The quantitative estimate of drug-likeness (QED) is 0.378. The fraction of sp³-hybridized carbons (Fsp3) is 0.125. The van der Waals surface area contributed by atoms with E-state index in [0.29, 0.717) is 0 Å². The molecule has 1 rings (SSSR count). The van der Waals surface area contributed by atoms with Crippen molar-refractivity contribution in [1.82, 2.24) is 0 Å². The van der Waals surface area contributed by atoms with Crippen molar-refractivity contribution in [2.24, 2.45) is 0 Å². The van der Waals surface area contributed by atoms with Crippen LogP contribution in [-0.4, -0.2) is 10.9 Å². The number of rotatable bonds is 1. The van der Waals surface area contributed by atoms with E-state index in [1.807, 2.05) is 0 Å². The molecule has 0 aliphatic rings. The number of aromatic hydroxyl groups is 1. The topological polar surface area (TPSA) is 63.3 Å². The van der Waals surface area contributed by atoms with Crippen LogP contribution in [0.3, 0.4) is 0 Å². The Balaban J connectivity index is 3.37. The zero-order valence-electron chi connectivity index (χ0n) is 6.47. The first-order chi connectivity index (χ1) is 5.52. The fourth-order valence-electron chi connectivity index (χ4n) is 0.888. The number of anilines is 1. The van der Waals surface area contributed by atoms with Gasteiger partial charge in [0.2, 0.25) is 0 Å². The number of carbonyl (C=O) groups is 1. The van der Waals surface area contributed by atoms with Crippen molar-refractivity contribution >= 4 is 11.5 Å². The SMILES string of the molecule is CC(=O)c1cc(N)cc(F)c1O. The zero-order chi connectivity index (χ0) is 9.30. The minimum Gasteiger partial charge on any atom is -0.504 e. The lowest BCUT2D eigenvalue weighted by atomic mass is 10.1. The van der Waals surface area contributed by atoms with E-state index in [-0.39, 0.29) is 11.3 Å². The van der Waals surface area contributed by atoms with E-state index in [1.165, 1.54) is 13.0 Å². The molecule has 4 heteroatoms. The van der Waals surface area contributed by atoms with Crippen LogP contribution < -0.4 is 5.73 Å². The molecule has 1 aromatic rings. The summed E-state index contributed by atoms with van der Waals surface area (Å²) in [4.78, 5) is 10.8. The smallest absolute Gasteiger partial charge is 0.167 e. The fourth-order valence-corrected chi connectivity index (χ4v) is 0.888. The summed E-state index contributed by atoms with van der Waals surface area (Å²) in [5, 5.41) is 9.04. The van der Waals surface area contributed by atoms with Crippen molar-refractivity contribution in [1.29, 1.82) is 0 Å². The number of nitrogen functional groups attached to an aromatic ring is 1. The van der Waals surface area contributed by atoms with Gasteiger partial charge >= 0.3 is 0 Å². The number of benzene rings is 1. The first-order valence-corrected chi connectivity index (χ1v) is 3.31. The monoisotopic (exact) mass is 169 g/mol. The molecular formula is C8H8FNO2. The molecule has 64 valence electrons. The predicted molar refractivity (Wildman–Crippen MR) is 42.5 cm³/mol. The number of phenolic OH excluding ortho intramolecular Hbond substituents is 1. The summed E-state index contributed by atoms with van der Waals surface area (Å²) in [6.45, 7) is 1.23. The summed E-state index contributed by atoms with van der Waals surface area (Å²) >= 11 is 0. The maximum Gasteiger partial charge on any atom is 0.167 e. The Kier molecular flexibility index (Phi) is 1.99. The lowest BCUT2D eigenvalue weighted by Gasteiger charge is -2.02. The molecule has 12 heavy (non-hydrogen) atoms. The van der Waals surface area contributed by atoms with Crippen LogP contribution in [0.15, 0.2) is 12.1 Å². The molecule has 0 saturated carbocycles. The molecule has 0 spiro atoms. The molecule has 0 radical (unpaired) electrons. The second-order valence-corrected chi connectivity index (χ2v) is 2.46. The van der Waals surface area contributed by atoms with Crippen molar-refractivity contribution < 1.29 is 14.3 Å². The Morgan fingerprint density at radius 2 is 2.17 bits per heavy atom. The highest BCUT2D eigenvalue weighted by molar-refractivity contribution is 5.97. The van der Waals surface area contributed by atoms with Crippen molar-refractivity contribution in [3.63, 3.8) is 0 Å². The zero-order valence-corrected chi connectivity index (χ0v) is 6.47. The first kappa shape index (κ1) is 8.52. The van der Waals surface area contributed by atoms with E-state index >= 15 is 0 Å². The Morgan fingerprint density at radius 3 is 2.67 bits per heavy atom. The molecule has 1 aromatic carbocycles. The molecule has 0 bridgehead atoms. The van der Waals surface area contributed by atoms with Crippen LogP contribution in [0.2, 0.25) is 0 Å². The van der Waals surface area contributed by atoms with Crippen molar-refractivity contribution in [3.05, 3.63) is 23.5 Å². The summed E-state index contributed by atoms with van der Waals surface area (Å²) in [7, 11) is 0. The number of Topliss-reactive ketones (excluding diaryl/α,β-unsaturated/α-hetero) is 1. The van der Waals surface area contributed by atoms with Gasteiger partial charge in [0.25, 0.3) is 0 Å². The molecule has 0 heterocycles. The lowest BCUT2D eigenvalue weighted by Crippen LogP contribution is -1.97. The Bertz CT molecular complexity index is 336. The Labute approximate surface area is 68.6 Å². The van der Waals surface area contributed by atoms with E-state index in [1.54, 1.807) is 0 Å². The second-order valence-electron chi connectivity index (χ2n) is 2.46. The van der Waals surface area contributed by atoms with Crippen LogP contribution in [0, 0.1) is 5.82 Å². The molecule has 0 fully saturated rings. The van der Waals surface area contributed by atoms with E-state index in [9.17, 15) is 9.18 Å². The van der Waals surface area contributed by atoms with Crippen molar-refractivity contribution in [2.45, 2.75) is 6.92 Å². The van der Waals surface area contributed by atoms with Crippen LogP contribution in [-0.2, 0) is 0 Å². The number of carbonyl (C=O) groups excluding carboxylic acids is 1. The standard InChI is InChI=1S/C8H8FNO2/c1-4(11)6-2-5(10)3-7(9)8(6)12/h2-3,12H,10H2,1H3. The maximum absolute atomic E-state index is 12.7. The highest BCUT2D eigenvalue weighted by Gasteiger charge is 2.11. The molecule has 0 aliphatic carbocycles. The molecule has 0 saturated heterocycles. The van der Waals surface area contributed by atoms with Gasteiger partial charge in [-0.05, 0) is 13.0 Å². The lowest BCUT2D eigenvalue weighted by molar-refractivity contribution is 0.101. The minimum absolute atomic E-state index is 0.0903. The third-order valence-electron chi connectivity index (χ3n) is 1.47. The minimum atomic E-state index is -0.875. The van der Waals surface area contributed by atoms with Gasteiger partial charge in [0.05, 0.1) is 5.56 Å². The van der Waals surface area contributed by atoms with Gasteiger partial charge in [-0.3, -0.25) is 4.79 Å². The number of hydrogen-bond acceptors (Lipinski definition) is 3. The van der Waals surface area contributed by atoms with Gasteiger partial charge in [-0.25, -0.2) is 4.39 Å². The number of ketones is 1. The molecule has 0 amide bonds. The van der Waals surface area contributed by atoms with Gasteiger partial charge in [0.15, 0.2) is 17.3 Å². The largest absolute Gasteiger partial charge is 0.504 e. The second kappa shape index (κ2) is 2.81. The number of halogens is 1. The summed E-state index contributed by atoms with van der Waals surface area (Å²) < 4.78 is 12.7. The Morgan fingerprint density at radius 1 is 1.58 bits per heavy atom. The molecular weight excluding hydrogens is 161 g/mol. The average molecular weight is 169 g/mol. The van der Waals surface area contributed by atoms with E-state index < -0.39 is 17.3 Å². The van der Waals surface area contributed by atoms with Crippen LogP contribution in [0.1, 0.15) is 17.3 Å². The highest BCUT2D eigenvalue weighted by atomic mass is 19.1. The van der Waals surface area contributed by atoms with E-state index in [4.69, 9.17) is 10.8 Å². The van der Waals surface area contributed by atoms with Gasteiger partial charge in [-0.15, -0.1) is 0 Å². The van der Waals surface area contributed by atoms with Crippen LogP contribution >= 0.6 is 0 Å². The van der Waals surface area contributed by atoms with Crippen LogP contribution in [0.5, 0.6) is 5.75 Å². The van der Waals surface area contributed by atoms with Crippen molar-refractivity contribution in [2.75, 3.05) is 5.73 Å². The molecule has 0 unspecified atom stereocenters. The third-order valence-corrected chi connectivity index (χ3v) is 1.47. The summed E-state index contributed by atoms with van der Waals surface area (Å²) in [5.74, 6) is -1.93. The molecule has 3 N–H and O–H groups in total. The molecule has 0 aromatic heterocycles. The molecule has 3 nitrogen and oxygen atoms in total. The Hall–Kier alpha value is -1.58. The van der Waals surface area contributed by atoms with Gasteiger partial charge in [0, 0.05) is 11.8 Å². The molecule has 0 aliphatic heterocycles. The normalized spacial score (nSPS) is 9.83. The van der Waals surface area contributed by atoms with Gasteiger partial charge < -0.3 is 10.8 Å². The predicted octanol–water partition coefficient (Wildman–Crippen LogP) is 1.32. The summed E-state index contributed by atoms with van der Waals surface area (Å²) in [6, 6.07) is 2.20. The van der Waals surface area contributed by atoms with E-state index in [2.05, 4.69) is 0 Å². The van der Waals surface area contributed by atoms with Crippen LogP contribution in [0.4, 0.5) is 10.1 Å². The molecule has 0 atom stereocenters. The van der Waals surface area contributed by atoms with Gasteiger partial charge in [0.1, 0.15) is 0 Å². The third kappa shape index (κ3) is 1.37. The number of nitrogens with two attached hydrogens (primary N) is 1. The van der Waals surface area contributed by atoms with Gasteiger partial charge in [-0.1, -0.05) is 0 Å². The van der Waals surface area contributed by atoms with Crippen LogP contribution in [0.25, 0.3) is 0 Å². The van der Waals surface area contributed by atoms with Gasteiger partial charge in [-0.2, -0.15) is 0 Å². The van der Waals surface area contributed by atoms with E-state index in [0.717, 1.165) is 6.07 Å². The average Bonchev–Trinajstić information content (AvgIpc) is 1.96. The summed E-state index contributed by atoms with van der Waals surface area (Å²) in [6.07, 6.45) is 0. The highest BCUT2D eigenvalue weighted by Crippen LogP contribution is 2.24. The number of phenols is 1. The summed E-state index contributed by atoms with van der Waals surface area (Å²) in [5.41, 5.74) is 5.29. The van der Waals surface area contributed by atoms with Crippen molar-refractivity contribution in [3.8, 4) is 5.75 Å². The number of hydrogen-bond donors (Lipinski definition) is 2. The maximum atomic E-state index is 12.7.